The topological polar surface area (TPSA) is 68.0 Å². The molecule has 0 unspecified atom stereocenters. The van der Waals surface area contributed by atoms with Crippen LogP contribution in [-0.2, 0) is 0 Å². The van der Waals surface area contributed by atoms with Gasteiger partial charge in [-0.2, -0.15) is 0 Å². The number of carbonyl (C=O) groups excluding carboxylic acids is 1. The number of carbonyl (C=O) groups is 1. The van der Waals surface area contributed by atoms with E-state index >= 15 is 0 Å². The van der Waals surface area contributed by atoms with Crippen molar-refractivity contribution in [2.75, 3.05) is 5.32 Å². The number of benzene rings is 1. The largest absolute Gasteiger partial charge is 0.355 e. The maximum atomic E-state index is 12.2. The summed E-state index contributed by atoms with van der Waals surface area (Å²) in [5, 5.41) is 6.60. The van der Waals surface area contributed by atoms with Crippen molar-refractivity contribution in [1.82, 2.24) is 10.1 Å². The summed E-state index contributed by atoms with van der Waals surface area (Å²) >= 11 is 3.42. The van der Waals surface area contributed by atoms with E-state index in [4.69, 9.17) is 4.52 Å². The molecule has 0 spiro atoms. The lowest BCUT2D eigenvalue weighted by atomic mass is 10.2. The van der Waals surface area contributed by atoms with E-state index in [1.54, 1.807) is 24.5 Å². The van der Waals surface area contributed by atoms with E-state index in [2.05, 4.69) is 31.4 Å². The third kappa shape index (κ3) is 3.07. The quantitative estimate of drug-likeness (QED) is 0.767. The molecule has 1 N–H and O–H groups in total. The number of aromatic nitrogens is 2. The molecule has 1 aromatic carbocycles. The Kier molecular flexibility index (Phi) is 4.02. The SMILES string of the molecule is Cc1cc(NC(=O)c2cc(-c3cccnc3)on2)ccc1Br. The highest BCUT2D eigenvalue weighted by molar-refractivity contribution is 9.10. The first kappa shape index (κ1) is 14.5. The summed E-state index contributed by atoms with van der Waals surface area (Å²) in [6.45, 7) is 1.95. The zero-order valence-electron chi connectivity index (χ0n) is 11.7. The number of amides is 1. The molecule has 110 valence electrons. The van der Waals surface area contributed by atoms with Crippen molar-refractivity contribution < 1.29 is 9.32 Å². The second-order valence-electron chi connectivity index (χ2n) is 4.74. The number of nitrogens with one attached hydrogen (secondary N) is 1. The summed E-state index contributed by atoms with van der Waals surface area (Å²) in [5.41, 5.74) is 2.73. The van der Waals surface area contributed by atoms with E-state index in [-0.39, 0.29) is 11.6 Å². The van der Waals surface area contributed by atoms with E-state index in [1.807, 2.05) is 31.2 Å². The molecular formula is C16H12BrN3O2. The predicted molar refractivity (Wildman–Crippen MR) is 86.6 cm³/mol. The van der Waals surface area contributed by atoms with E-state index in [0.717, 1.165) is 15.6 Å². The van der Waals surface area contributed by atoms with Crippen molar-refractivity contribution in [2.45, 2.75) is 6.92 Å². The first-order valence-electron chi connectivity index (χ1n) is 6.58. The zero-order chi connectivity index (χ0) is 15.5. The number of rotatable bonds is 3. The van der Waals surface area contributed by atoms with E-state index in [9.17, 15) is 4.79 Å². The number of halogens is 1. The van der Waals surface area contributed by atoms with Crippen LogP contribution in [0, 0.1) is 6.92 Å². The second kappa shape index (κ2) is 6.11. The highest BCUT2D eigenvalue weighted by Crippen LogP contribution is 2.22. The summed E-state index contributed by atoms with van der Waals surface area (Å²) in [7, 11) is 0. The van der Waals surface area contributed by atoms with Crippen LogP contribution in [0.1, 0.15) is 16.1 Å². The van der Waals surface area contributed by atoms with Crippen LogP contribution in [0.15, 0.2) is 57.8 Å². The fourth-order valence-electron chi connectivity index (χ4n) is 1.94. The third-order valence-corrected chi connectivity index (χ3v) is 3.99. The van der Waals surface area contributed by atoms with Crippen LogP contribution in [0.4, 0.5) is 5.69 Å². The second-order valence-corrected chi connectivity index (χ2v) is 5.59. The van der Waals surface area contributed by atoms with Gasteiger partial charge in [0, 0.05) is 34.2 Å². The van der Waals surface area contributed by atoms with Crippen LogP contribution in [0.25, 0.3) is 11.3 Å². The molecule has 0 aliphatic carbocycles. The number of aryl methyl sites for hydroxylation is 1. The normalized spacial score (nSPS) is 10.5. The molecule has 0 aliphatic heterocycles. The summed E-state index contributed by atoms with van der Waals surface area (Å²) in [6, 6.07) is 10.8. The molecule has 2 heterocycles. The molecule has 3 rings (SSSR count). The van der Waals surface area contributed by atoms with Gasteiger partial charge >= 0.3 is 0 Å². The lowest BCUT2D eigenvalue weighted by molar-refractivity contribution is 0.101. The van der Waals surface area contributed by atoms with Crippen molar-refractivity contribution in [3.63, 3.8) is 0 Å². The molecule has 0 fully saturated rings. The summed E-state index contributed by atoms with van der Waals surface area (Å²) in [4.78, 5) is 16.2. The summed E-state index contributed by atoms with van der Waals surface area (Å²) < 4.78 is 6.19. The van der Waals surface area contributed by atoms with Gasteiger partial charge in [-0.05, 0) is 42.8 Å². The minimum absolute atomic E-state index is 0.222. The van der Waals surface area contributed by atoms with Crippen LogP contribution >= 0.6 is 15.9 Å². The maximum Gasteiger partial charge on any atom is 0.277 e. The van der Waals surface area contributed by atoms with E-state index < -0.39 is 0 Å². The Morgan fingerprint density at radius 1 is 1.27 bits per heavy atom. The van der Waals surface area contributed by atoms with Crippen molar-refractivity contribution in [3.8, 4) is 11.3 Å². The van der Waals surface area contributed by atoms with Gasteiger partial charge in [0.15, 0.2) is 11.5 Å². The Balaban J connectivity index is 1.78. The molecule has 6 heteroatoms. The van der Waals surface area contributed by atoms with Crippen LogP contribution in [-0.4, -0.2) is 16.0 Å². The maximum absolute atomic E-state index is 12.2. The Labute approximate surface area is 135 Å². The lowest BCUT2D eigenvalue weighted by Gasteiger charge is -2.05. The minimum atomic E-state index is -0.319. The average molecular weight is 358 g/mol. The molecule has 0 atom stereocenters. The molecule has 1 amide bonds. The van der Waals surface area contributed by atoms with Crippen molar-refractivity contribution in [2.24, 2.45) is 0 Å². The number of hydrogen-bond donors (Lipinski definition) is 1. The Morgan fingerprint density at radius 2 is 2.14 bits per heavy atom. The van der Waals surface area contributed by atoms with Gasteiger partial charge < -0.3 is 9.84 Å². The van der Waals surface area contributed by atoms with Crippen LogP contribution in [0.2, 0.25) is 0 Å². The zero-order valence-corrected chi connectivity index (χ0v) is 13.3. The van der Waals surface area contributed by atoms with Crippen LogP contribution in [0.5, 0.6) is 0 Å². The predicted octanol–water partition coefficient (Wildman–Crippen LogP) is 4.06. The molecule has 22 heavy (non-hydrogen) atoms. The molecule has 3 aromatic rings. The van der Waals surface area contributed by atoms with Gasteiger partial charge in [-0.25, -0.2) is 0 Å². The van der Waals surface area contributed by atoms with Gasteiger partial charge in [0.1, 0.15) is 0 Å². The molecule has 0 bridgehead atoms. The van der Waals surface area contributed by atoms with Crippen molar-refractivity contribution in [1.29, 1.82) is 0 Å². The average Bonchev–Trinajstić information content (AvgIpc) is 3.02. The molecule has 5 nitrogen and oxygen atoms in total. The van der Waals surface area contributed by atoms with Crippen LogP contribution in [0.3, 0.4) is 0 Å². The Hall–Kier alpha value is -2.47. The third-order valence-electron chi connectivity index (χ3n) is 3.10. The number of nitrogens with zero attached hydrogens (tertiary/aromatic N) is 2. The van der Waals surface area contributed by atoms with Gasteiger partial charge in [0.25, 0.3) is 5.91 Å². The number of anilines is 1. The van der Waals surface area contributed by atoms with Gasteiger partial charge in [0.05, 0.1) is 0 Å². The van der Waals surface area contributed by atoms with Crippen molar-refractivity contribution in [3.05, 3.63) is 64.5 Å². The molecule has 2 aromatic heterocycles. The van der Waals surface area contributed by atoms with Crippen LogP contribution < -0.4 is 5.32 Å². The molecule has 0 saturated carbocycles. The summed E-state index contributed by atoms with van der Waals surface area (Å²) in [5.74, 6) is 0.186. The standard InChI is InChI=1S/C16H12BrN3O2/c1-10-7-12(4-5-13(10)17)19-16(21)14-8-15(22-20-14)11-3-2-6-18-9-11/h2-9H,1H3,(H,19,21). The fourth-order valence-corrected chi connectivity index (χ4v) is 2.19. The molecular weight excluding hydrogens is 346 g/mol. The van der Waals surface area contributed by atoms with Gasteiger partial charge in [-0.15, -0.1) is 0 Å². The van der Waals surface area contributed by atoms with E-state index in [0.29, 0.717) is 11.4 Å². The number of hydrogen-bond acceptors (Lipinski definition) is 4. The van der Waals surface area contributed by atoms with Crippen molar-refractivity contribution >= 4 is 27.5 Å². The first-order chi connectivity index (χ1) is 10.6. The first-order valence-corrected chi connectivity index (χ1v) is 7.37. The molecule has 0 radical (unpaired) electrons. The molecule has 0 aliphatic rings. The lowest BCUT2D eigenvalue weighted by Crippen LogP contribution is -2.12. The minimum Gasteiger partial charge on any atom is -0.355 e. The Morgan fingerprint density at radius 3 is 2.86 bits per heavy atom. The summed E-state index contributed by atoms with van der Waals surface area (Å²) in [6.07, 6.45) is 3.32. The van der Waals surface area contributed by atoms with Gasteiger partial charge in [-0.1, -0.05) is 21.1 Å². The monoisotopic (exact) mass is 357 g/mol. The fraction of sp³-hybridized carbons (Fsp3) is 0.0625. The highest BCUT2D eigenvalue weighted by Gasteiger charge is 2.14. The van der Waals surface area contributed by atoms with Gasteiger partial charge in [0.2, 0.25) is 0 Å². The van der Waals surface area contributed by atoms with Gasteiger partial charge in [-0.3, -0.25) is 9.78 Å². The smallest absolute Gasteiger partial charge is 0.277 e. The molecule has 0 saturated heterocycles. The Bertz CT molecular complexity index is 815. The highest BCUT2D eigenvalue weighted by atomic mass is 79.9. The van der Waals surface area contributed by atoms with E-state index in [1.165, 1.54) is 0 Å². The number of pyridine rings is 1.